The molecule has 2 N–H and O–H groups in total. The summed E-state index contributed by atoms with van der Waals surface area (Å²) in [6, 6.07) is 12.2. The number of aryl methyl sites for hydroxylation is 1. The zero-order valence-electron chi connectivity index (χ0n) is 13.5. The van der Waals surface area contributed by atoms with Gasteiger partial charge in [-0.1, -0.05) is 23.7 Å². The standard InChI is InChI=1S/C18H19ClN2O3/c1-21(2)14-7-3-12(4-8-14)5-10-17(22)20-16-11-13(18(23)24)6-9-15(16)19/h3-4,6-9,11H,5,10H2,1-2H3,(H,20,22)(H,23,24). The molecule has 24 heavy (non-hydrogen) atoms. The summed E-state index contributed by atoms with van der Waals surface area (Å²) in [5, 5.41) is 12.0. The first-order valence-corrected chi connectivity index (χ1v) is 7.83. The third-order valence-electron chi connectivity index (χ3n) is 3.58. The van der Waals surface area contributed by atoms with Gasteiger partial charge in [0.15, 0.2) is 0 Å². The molecule has 0 saturated heterocycles. The number of nitrogens with one attached hydrogen (secondary N) is 1. The molecule has 0 aliphatic rings. The molecule has 0 radical (unpaired) electrons. The third-order valence-corrected chi connectivity index (χ3v) is 3.91. The number of carbonyl (C=O) groups is 2. The van der Waals surface area contributed by atoms with Crippen molar-refractivity contribution in [2.24, 2.45) is 0 Å². The maximum atomic E-state index is 12.1. The summed E-state index contributed by atoms with van der Waals surface area (Å²) >= 11 is 6.00. The van der Waals surface area contributed by atoms with Crippen molar-refractivity contribution in [2.75, 3.05) is 24.3 Å². The lowest BCUT2D eigenvalue weighted by Gasteiger charge is -2.12. The topological polar surface area (TPSA) is 69.6 Å². The van der Waals surface area contributed by atoms with Crippen LogP contribution < -0.4 is 10.2 Å². The van der Waals surface area contributed by atoms with E-state index in [0.29, 0.717) is 17.1 Å². The Labute approximate surface area is 145 Å². The number of carboxylic acids is 1. The van der Waals surface area contributed by atoms with Gasteiger partial charge in [0.2, 0.25) is 5.91 Å². The predicted molar refractivity (Wildman–Crippen MR) is 96.1 cm³/mol. The molecule has 6 heteroatoms. The van der Waals surface area contributed by atoms with Crippen LogP contribution in [0.25, 0.3) is 0 Å². The smallest absolute Gasteiger partial charge is 0.335 e. The molecule has 0 saturated carbocycles. The number of anilines is 2. The quantitative estimate of drug-likeness (QED) is 0.837. The zero-order valence-corrected chi connectivity index (χ0v) is 14.3. The maximum Gasteiger partial charge on any atom is 0.335 e. The first-order valence-electron chi connectivity index (χ1n) is 7.46. The Morgan fingerprint density at radius 3 is 2.38 bits per heavy atom. The van der Waals surface area contributed by atoms with E-state index in [4.69, 9.17) is 16.7 Å². The number of nitrogens with zero attached hydrogens (tertiary/aromatic N) is 1. The van der Waals surface area contributed by atoms with Crippen molar-refractivity contribution in [2.45, 2.75) is 12.8 Å². The second kappa shape index (κ2) is 7.84. The fraction of sp³-hybridized carbons (Fsp3) is 0.222. The Morgan fingerprint density at radius 1 is 1.12 bits per heavy atom. The van der Waals surface area contributed by atoms with E-state index in [1.807, 2.05) is 43.3 Å². The minimum atomic E-state index is -1.07. The van der Waals surface area contributed by atoms with Crippen LogP contribution in [0.3, 0.4) is 0 Å². The second-order valence-electron chi connectivity index (χ2n) is 5.61. The van der Waals surface area contributed by atoms with Crippen LogP contribution in [0.4, 0.5) is 11.4 Å². The van der Waals surface area contributed by atoms with Crippen molar-refractivity contribution in [1.82, 2.24) is 0 Å². The van der Waals surface area contributed by atoms with Gasteiger partial charge in [-0.25, -0.2) is 4.79 Å². The van der Waals surface area contributed by atoms with E-state index >= 15 is 0 Å². The van der Waals surface area contributed by atoms with Crippen LogP contribution in [-0.4, -0.2) is 31.1 Å². The molecular weight excluding hydrogens is 328 g/mol. The fourth-order valence-corrected chi connectivity index (χ4v) is 2.35. The SMILES string of the molecule is CN(C)c1ccc(CCC(=O)Nc2cc(C(=O)O)ccc2Cl)cc1. The summed E-state index contributed by atoms with van der Waals surface area (Å²) < 4.78 is 0. The molecule has 2 aromatic carbocycles. The van der Waals surface area contributed by atoms with Gasteiger partial charge in [0, 0.05) is 26.2 Å². The van der Waals surface area contributed by atoms with Gasteiger partial charge in [0.05, 0.1) is 16.3 Å². The Hall–Kier alpha value is -2.53. The molecule has 2 aromatic rings. The summed E-state index contributed by atoms with van der Waals surface area (Å²) in [6.07, 6.45) is 0.880. The van der Waals surface area contributed by atoms with Gasteiger partial charge in [-0.15, -0.1) is 0 Å². The number of hydrogen-bond donors (Lipinski definition) is 2. The second-order valence-corrected chi connectivity index (χ2v) is 6.02. The molecule has 0 heterocycles. The number of rotatable bonds is 6. The molecule has 0 fully saturated rings. The Balaban J connectivity index is 1.96. The number of carboxylic acid groups (broad SMARTS) is 1. The largest absolute Gasteiger partial charge is 0.478 e. The van der Waals surface area contributed by atoms with Crippen molar-refractivity contribution in [3.05, 3.63) is 58.6 Å². The highest BCUT2D eigenvalue weighted by Crippen LogP contribution is 2.23. The summed E-state index contributed by atoms with van der Waals surface area (Å²) in [4.78, 5) is 25.1. The van der Waals surface area contributed by atoms with Crippen molar-refractivity contribution in [1.29, 1.82) is 0 Å². The average molecular weight is 347 g/mol. The highest BCUT2D eigenvalue weighted by molar-refractivity contribution is 6.33. The first kappa shape index (κ1) is 17.8. The van der Waals surface area contributed by atoms with Gasteiger partial charge in [-0.2, -0.15) is 0 Å². The van der Waals surface area contributed by atoms with E-state index in [9.17, 15) is 9.59 Å². The first-order chi connectivity index (χ1) is 11.4. The lowest BCUT2D eigenvalue weighted by atomic mass is 10.1. The number of benzene rings is 2. The highest BCUT2D eigenvalue weighted by atomic mass is 35.5. The zero-order chi connectivity index (χ0) is 17.7. The molecule has 0 aromatic heterocycles. The van der Waals surface area contributed by atoms with Crippen molar-refractivity contribution in [3.8, 4) is 0 Å². The normalized spacial score (nSPS) is 10.3. The number of halogens is 1. The lowest BCUT2D eigenvalue weighted by molar-refractivity contribution is -0.116. The summed E-state index contributed by atoms with van der Waals surface area (Å²) in [6.45, 7) is 0. The van der Waals surface area contributed by atoms with E-state index < -0.39 is 5.97 Å². The van der Waals surface area contributed by atoms with Crippen LogP contribution in [0, 0.1) is 0 Å². The molecule has 0 unspecified atom stereocenters. The molecule has 0 bridgehead atoms. The van der Waals surface area contributed by atoms with E-state index in [1.165, 1.54) is 18.2 Å². The highest BCUT2D eigenvalue weighted by Gasteiger charge is 2.10. The van der Waals surface area contributed by atoms with Crippen molar-refractivity contribution in [3.63, 3.8) is 0 Å². The van der Waals surface area contributed by atoms with Crippen molar-refractivity contribution >= 4 is 34.9 Å². The Morgan fingerprint density at radius 2 is 1.79 bits per heavy atom. The summed E-state index contributed by atoms with van der Waals surface area (Å²) in [5.41, 5.74) is 2.54. The van der Waals surface area contributed by atoms with Crippen LogP contribution in [0.2, 0.25) is 5.02 Å². The monoisotopic (exact) mass is 346 g/mol. The molecule has 2 rings (SSSR count). The minimum Gasteiger partial charge on any atom is -0.478 e. The van der Waals surface area contributed by atoms with Crippen LogP contribution in [0.15, 0.2) is 42.5 Å². The van der Waals surface area contributed by atoms with E-state index in [0.717, 1.165) is 11.3 Å². The van der Waals surface area contributed by atoms with Gasteiger partial charge >= 0.3 is 5.97 Å². The van der Waals surface area contributed by atoms with Gasteiger partial charge in [0.1, 0.15) is 0 Å². The Kier molecular flexibility index (Phi) is 5.82. The van der Waals surface area contributed by atoms with E-state index in [1.54, 1.807) is 0 Å². The van der Waals surface area contributed by atoms with Gasteiger partial charge in [-0.05, 0) is 42.3 Å². The average Bonchev–Trinajstić information content (AvgIpc) is 2.55. The van der Waals surface area contributed by atoms with Gasteiger partial charge < -0.3 is 15.3 Å². The molecule has 0 aliphatic carbocycles. The number of amides is 1. The molecule has 0 aliphatic heterocycles. The van der Waals surface area contributed by atoms with Crippen molar-refractivity contribution < 1.29 is 14.7 Å². The fourth-order valence-electron chi connectivity index (χ4n) is 2.19. The maximum absolute atomic E-state index is 12.1. The van der Waals surface area contributed by atoms with Crippen LogP contribution in [0.1, 0.15) is 22.3 Å². The lowest BCUT2D eigenvalue weighted by Crippen LogP contribution is -2.13. The van der Waals surface area contributed by atoms with Gasteiger partial charge in [0.25, 0.3) is 0 Å². The summed E-state index contributed by atoms with van der Waals surface area (Å²) in [7, 11) is 3.94. The third kappa shape index (κ3) is 4.73. The number of carbonyl (C=O) groups excluding carboxylic acids is 1. The van der Waals surface area contributed by atoms with E-state index in [2.05, 4.69) is 5.32 Å². The Bertz CT molecular complexity index is 742. The predicted octanol–water partition coefficient (Wildman–Crippen LogP) is 3.68. The molecule has 5 nitrogen and oxygen atoms in total. The van der Waals surface area contributed by atoms with E-state index in [-0.39, 0.29) is 17.9 Å². The summed E-state index contributed by atoms with van der Waals surface area (Å²) in [5.74, 6) is -1.28. The number of aromatic carboxylic acids is 1. The number of hydrogen-bond acceptors (Lipinski definition) is 3. The molecular formula is C18H19ClN2O3. The molecule has 0 spiro atoms. The molecule has 126 valence electrons. The molecule has 1 amide bonds. The van der Waals surface area contributed by atoms with Crippen LogP contribution in [-0.2, 0) is 11.2 Å². The molecule has 0 atom stereocenters. The van der Waals surface area contributed by atoms with Gasteiger partial charge in [-0.3, -0.25) is 4.79 Å². The van der Waals surface area contributed by atoms with Crippen LogP contribution >= 0.6 is 11.6 Å². The minimum absolute atomic E-state index is 0.0778. The van der Waals surface area contributed by atoms with Crippen LogP contribution in [0.5, 0.6) is 0 Å².